The summed E-state index contributed by atoms with van der Waals surface area (Å²) in [6.07, 6.45) is 5.13. The first-order valence-electron chi connectivity index (χ1n) is 10.5. The van der Waals surface area contributed by atoms with E-state index in [2.05, 4.69) is 25.4 Å². The van der Waals surface area contributed by atoms with Crippen molar-refractivity contribution in [3.8, 4) is 17.7 Å². The van der Waals surface area contributed by atoms with E-state index in [0.29, 0.717) is 28.7 Å². The number of imidazole rings is 1. The van der Waals surface area contributed by atoms with E-state index in [-0.39, 0.29) is 11.5 Å². The van der Waals surface area contributed by atoms with Gasteiger partial charge in [0, 0.05) is 11.4 Å². The monoisotopic (exact) mass is 449 g/mol. The Bertz CT molecular complexity index is 1590. The molecule has 0 aliphatic carbocycles. The number of Topliss-reactive ketones (excluding diaryl/α,β-unsaturated/α-hetero) is 1. The van der Waals surface area contributed by atoms with E-state index in [4.69, 9.17) is 4.98 Å². The van der Waals surface area contributed by atoms with Crippen LogP contribution in [0.25, 0.3) is 22.7 Å². The minimum absolute atomic E-state index is 0.145. The summed E-state index contributed by atoms with van der Waals surface area (Å²) in [6.45, 7) is 5.12. The van der Waals surface area contributed by atoms with E-state index in [0.717, 1.165) is 22.4 Å². The summed E-state index contributed by atoms with van der Waals surface area (Å²) >= 11 is 0. The largest absolute Gasteiger partial charge is 0.353 e. The molecule has 34 heavy (non-hydrogen) atoms. The molecule has 5 rings (SSSR count). The van der Waals surface area contributed by atoms with Gasteiger partial charge in [-0.05, 0) is 57.2 Å². The van der Waals surface area contributed by atoms with Gasteiger partial charge in [-0.25, -0.2) is 24.6 Å². The number of aryl methyl sites for hydroxylation is 2. The zero-order valence-electron chi connectivity index (χ0n) is 18.7. The Morgan fingerprint density at radius 2 is 1.82 bits per heavy atom. The smallest absolute Gasteiger partial charge is 0.166 e. The Morgan fingerprint density at radius 3 is 2.53 bits per heavy atom. The van der Waals surface area contributed by atoms with Crippen LogP contribution in [-0.2, 0) is 0 Å². The fourth-order valence-electron chi connectivity index (χ4n) is 3.65. The Balaban J connectivity index is 1.55. The quantitative estimate of drug-likeness (QED) is 0.401. The maximum atomic E-state index is 12.3. The fourth-order valence-corrected chi connectivity index (χ4v) is 3.65. The van der Waals surface area contributed by atoms with E-state index >= 15 is 0 Å². The summed E-state index contributed by atoms with van der Waals surface area (Å²) in [5.74, 6) is 1.50. The number of nitriles is 1. The molecule has 0 amide bonds. The van der Waals surface area contributed by atoms with E-state index in [1.165, 1.54) is 11.6 Å². The van der Waals surface area contributed by atoms with E-state index in [9.17, 15) is 10.1 Å². The third-order valence-corrected chi connectivity index (χ3v) is 5.31. The molecule has 10 nitrogen and oxygen atoms in total. The molecule has 5 aromatic rings. The van der Waals surface area contributed by atoms with Crippen LogP contribution >= 0.6 is 0 Å². The van der Waals surface area contributed by atoms with Gasteiger partial charge < -0.3 is 5.32 Å². The number of hydrogen-bond acceptors (Lipinski definition) is 8. The predicted molar refractivity (Wildman–Crippen MR) is 125 cm³/mol. The van der Waals surface area contributed by atoms with Crippen molar-refractivity contribution in [1.29, 1.82) is 5.26 Å². The van der Waals surface area contributed by atoms with Crippen LogP contribution in [0.3, 0.4) is 0 Å². The highest BCUT2D eigenvalue weighted by molar-refractivity contribution is 5.97. The van der Waals surface area contributed by atoms with Crippen molar-refractivity contribution in [1.82, 2.24) is 34.3 Å². The molecule has 1 aromatic carbocycles. The molecule has 0 aliphatic heterocycles. The Morgan fingerprint density at radius 1 is 1.03 bits per heavy atom. The number of anilines is 2. The summed E-state index contributed by atoms with van der Waals surface area (Å²) in [4.78, 5) is 29.9. The van der Waals surface area contributed by atoms with Gasteiger partial charge in [-0.3, -0.25) is 9.36 Å². The molecule has 0 radical (unpaired) electrons. The molecule has 0 atom stereocenters. The molecule has 0 spiro atoms. The van der Waals surface area contributed by atoms with Crippen molar-refractivity contribution in [3.63, 3.8) is 0 Å². The zero-order valence-corrected chi connectivity index (χ0v) is 18.7. The van der Waals surface area contributed by atoms with Gasteiger partial charge >= 0.3 is 0 Å². The van der Waals surface area contributed by atoms with E-state index < -0.39 is 0 Å². The predicted octanol–water partition coefficient (Wildman–Crippen LogP) is 3.83. The van der Waals surface area contributed by atoms with Crippen molar-refractivity contribution in [3.05, 3.63) is 77.9 Å². The average Bonchev–Trinajstić information content (AvgIpc) is 3.43. The number of pyridine rings is 1. The van der Waals surface area contributed by atoms with Gasteiger partial charge in [0.2, 0.25) is 0 Å². The number of hydrogen-bond donors (Lipinski definition) is 1. The number of benzene rings is 1. The standard InChI is InChI=1S/C24H19N9O/c1-14-8-18(10-25)31-33(14)24-20(15(2)34)5-7-23(30-24)32-13-28-21-9-17(4-6-22(21)32)29-19-11-26-16(3)27-12-19/h4-9,11-13,29H,1-3H3. The molecule has 0 aliphatic rings. The van der Waals surface area contributed by atoms with Crippen molar-refractivity contribution in [2.75, 3.05) is 5.32 Å². The molecule has 4 aromatic heterocycles. The summed E-state index contributed by atoms with van der Waals surface area (Å²) in [5, 5.41) is 16.8. The Labute approximate surface area is 194 Å². The van der Waals surface area contributed by atoms with Crippen LogP contribution in [0, 0.1) is 25.2 Å². The molecule has 10 heteroatoms. The van der Waals surface area contributed by atoms with Gasteiger partial charge in [-0.15, -0.1) is 0 Å². The normalized spacial score (nSPS) is 10.9. The first kappa shape index (κ1) is 21.0. The van der Waals surface area contributed by atoms with Crippen LogP contribution < -0.4 is 5.32 Å². The number of rotatable bonds is 5. The van der Waals surface area contributed by atoms with E-state index in [1.54, 1.807) is 36.9 Å². The average molecular weight is 449 g/mol. The van der Waals surface area contributed by atoms with Gasteiger partial charge in [-0.1, -0.05) is 0 Å². The van der Waals surface area contributed by atoms with Crippen molar-refractivity contribution < 1.29 is 4.79 Å². The van der Waals surface area contributed by atoms with Crippen LogP contribution in [0.5, 0.6) is 0 Å². The lowest BCUT2D eigenvalue weighted by molar-refractivity contribution is 0.101. The molecule has 0 unspecified atom stereocenters. The van der Waals surface area contributed by atoms with Crippen LogP contribution in [0.15, 0.2) is 55.1 Å². The SMILES string of the molecule is CC(=O)c1ccc(-n2cnc3cc(Nc4cnc(C)nc4)ccc32)nc1-n1nc(C#N)cc1C. The van der Waals surface area contributed by atoms with Crippen LogP contribution in [-0.4, -0.2) is 40.1 Å². The van der Waals surface area contributed by atoms with Gasteiger partial charge in [0.1, 0.15) is 24.0 Å². The second kappa shape index (κ2) is 8.22. The van der Waals surface area contributed by atoms with Gasteiger partial charge in [0.05, 0.1) is 34.7 Å². The molecule has 4 heterocycles. The minimum Gasteiger partial charge on any atom is -0.353 e. The molecule has 0 fully saturated rings. The highest BCUT2D eigenvalue weighted by Gasteiger charge is 2.17. The molecule has 166 valence electrons. The van der Waals surface area contributed by atoms with Crippen molar-refractivity contribution >= 4 is 28.2 Å². The summed E-state index contributed by atoms with van der Waals surface area (Å²) in [7, 11) is 0. The lowest BCUT2D eigenvalue weighted by Crippen LogP contribution is -2.11. The molecular formula is C24H19N9O. The topological polar surface area (TPSA) is 127 Å². The van der Waals surface area contributed by atoms with Gasteiger partial charge in [-0.2, -0.15) is 10.4 Å². The molecule has 0 bridgehead atoms. The van der Waals surface area contributed by atoms with Crippen LogP contribution in [0.2, 0.25) is 0 Å². The number of aromatic nitrogens is 7. The lowest BCUT2D eigenvalue weighted by atomic mass is 10.2. The molecular weight excluding hydrogens is 430 g/mol. The van der Waals surface area contributed by atoms with Crippen molar-refractivity contribution in [2.45, 2.75) is 20.8 Å². The Hall–Kier alpha value is -4.91. The first-order valence-corrected chi connectivity index (χ1v) is 10.5. The third kappa shape index (κ3) is 3.75. The van der Waals surface area contributed by atoms with Crippen LogP contribution in [0.1, 0.15) is 34.5 Å². The Kier molecular flexibility index (Phi) is 5.07. The number of ketones is 1. The number of nitrogens with one attached hydrogen (secondary N) is 1. The molecule has 1 N–H and O–H groups in total. The van der Waals surface area contributed by atoms with Crippen molar-refractivity contribution in [2.24, 2.45) is 0 Å². The minimum atomic E-state index is -0.145. The molecule has 0 saturated heterocycles. The number of fused-ring (bicyclic) bond motifs is 1. The first-order chi connectivity index (χ1) is 16.4. The van der Waals surface area contributed by atoms with Gasteiger partial charge in [0.15, 0.2) is 17.3 Å². The highest BCUT2D eigenvalue weighted by atomic mass is 16.1. The third-order valence-electron chi connectivity index (χ3n) is 5.31. The molecule has 0 saturated carbocycles. The zero-order chi connectivity index (χ0) is 23.8. The lowest BCUT2D eigenvalue weighted by Gasteiger charge is -2.11. The highest BCUT2D eigenvalue weighted by Crippen LogP contribution is 2.25. The number of carbonyl (C=O) groups is 1. The summed E-state index contributed by atoms with van der Waals surface area (Å²) in [6, 6.07) is 12.9. The van der Waals surface area contributed by atoms with E-state index in [1.807, 2.05) is 42.7 Å². The fraction of sp³-hybridized carbons (Fsp3) is 0.125. The number of nitrogens with zero attached hydrogens (tertiary/aromatic N) is 8. The second-order valence-corrected chi connectivity index (χ2v) is 7.75. The maximum Gasteiger partial charge on any atom is 0.166 e. The summed E-state index contributed by atoms with van der Waals surface area (Å²) < 4.78 is 3.36. The number of carbonyl (C=O) groups excluding carboxylic acids is 1. The summed E-state index contributed by atoms with van der Waals surface area (Å²) in [5.41, 5.74) is 4.61. The van der Waals surface area contributed by atoms with Crippen LogP contribution in [0.4, 0.5) is 11.4 Å². The maximum absolute atomic E-state index is 12.3. The van der Waals surface area contributed by atoms with Gasteiger partial charge in [0.25, 0.3) is 0 Å². The second-order valence-electron chi connectivity index (χ2n) is 7.75.